The molecule has 0 aromatic heterocycles. The van der Waals surface area contributed by atoms with E-state index in [0.717, 1.165) is 23.1 Å². The lowest BCUT2D eigenvalue weighted by atomic mass is 9.89. The summed E-state index contributed by atoms with van der Waals surface area (Å²) in [5, 5.41) is 15.7. The summed E-state index contributed by atoms with van der Waals surface area (Å²) in [5.74, 6) is -1.84. The number of hydrogen-bond acceptors (Lipinski definition) is 4. The van der Waals surface area contributed by atoms with E-state index in [4.69, 9.17) is 0 Å². The van der Waals surface area contributed by atoms with Gasteiger partial charge < -0.3 is 25.0 Å². The molecule has 7 heteroatoms. The van der Waals surface area contributed by atoms with Crippen LogP contribution in [0.15, 0.2) is 84.9 Å². The average Bonchev–Trinajstić information content (AvgIpc) is 3.14. The first-order valence-corrected chi connectivity index (χ1v) is 18.5. The normalized spacial score (nSPS) is 10.7. The van der Waals surface area contributed by atoms with Crippen molar-refractivity contribution in [3.63, 3.8) is 0 Å². The molecule has 4 rings (SSSR count). The van der Waals surface area contributed by atoms with E-state index in [9.17, 15) is 19.5 Å². The number of quaternary nitrogens is 2. The fourth-order valence-electron chi connectivity index (χ4n) is 6.05. The third-order valence-corrected chi connectivity index (χ3v) is 9.39. The first kappa shape index (κ1) is 41.8. The van der Waals surface area contributed by atoms with Crippen LogP contribution in [-0.4, -0.2) is 63.5 Å². The molecule has 0 aliphatic rings. The molecule has 0 saturated heterocycles. The second-order valence-electron chi connectivity index (χ2n) is 12.5. The Balaban J connectivity index is 0.000000521. The lowest BCUT2D eigenvalue weighted by Crippen LogP contribution is -3.11. The van der Waals surface area contributed by atoms with Crippen molar-refractivity contribution in [3.8, 4) is 0 Å². The summed E-state index contributed by atoms with van der Waals surface area (Å²) < 4.78 is 0. The fourth-order valence-corrected chi connectivity index (χ4v) is 6.05. The lowest BCUT2D eigenvalue weighted by molar-refractivity contribution is -0.894. The van der Waals surface area contributed by atoms with Gasteiger partial charge in [0.1, 0.15) is 0 Å². The number of Topliss-reactive ketones (excluding diaryl/α,β-unsaturated/α-hetero) is 1. The van der Waals surface area contributed by atoms with Crippen molar-refractivity contribution in [2.45, 2.75) is 74.1 Å². The molecule has 4 aromatic carbocycles. The summed E-state index contributed by atoms with van der Waals surface area (Å²) in [5.41, 5.74) is 3.54. The molecule has 0 unspecified atom stereocenters. The Hall–Kier alpha value is -4.33. The number of rotatable bonds is 16. The van der Waals surface area contributed by atoms with Gasteiger partial charge in [-0.05, 0) is 95.9 Å². The van der Waals surface area contributed by atoms with Crippen molar-refractivity contribution in [3.05, 3.63) is 118 Å². The van der Waals surface area contributed by atoms with Gasteiger partial charge in [0.15, 0.2) is 5.78 Å². The summed E-state index contributed by atoms with van der Waals surface area (Å²) >= 11 is 0. The molecule has 0 aliphatic carbocycles. The van der Waals surface area contributed by atoms with Gasteiger partial charge in [0.05, 0.1) is 45.2 Å². The van der Waals surface area contributed by atoms with Gasteiger partial charge >= 0.3 is 0 Å². The fraction of sp³-hybridized carbons (Fsp3) is 0.419. The van der Waals surface area contributed by atoms with Gasteiger partial charge in [-0.15, -0.1) is 0 Å². The molecular formula is C43H60N3O4+. The molecule has 3 N–H and O–H groups in total. The average molecular weight is 683 g/mol. The maximum Gasteiger partial charge on any atom is 0.251 e. The lowest BCUT2D eigenvalue weighted by Gasteiger charge is -2.17. The quantitative estimate of drug-likeness (QED) is 0.151. The van der Waals surface area contributed by atoms with Gasteiger partial charge in [-0.1, -0.05) is 78.9 Å². The summed E-state index contributed by atoms with van der Waals surface area (Å²) in [6, 6.07) is 26.0. The second kappa shape index (κ2) is 23.1. The summed E-state index contributed by atoms with van der Waals surface area (Å²) in [6.45, 7) is 23.2. The highest BCUT2D eigenvalue weighted by Crippen LogP contribution is 2.31. The molecule has 0 fully saturated rings. The van der Waals surface area contributed by atoms with Crippen LogP contribution < -0.4 is 20.2 Å². The van der Waals surface area contributed by atoms with Crippen LogP contribution in [0.1, 0.15) is 102 Å². The van der Waals surface area contributed by atoms with Gasteiger partial charge in [-0.3, -0.25) is 9.59 Å². The van der Waals surface area contributed by atoms with Crippen LogP contribution >= 0.6 is 0 Å². The summed E-state index contributed by atoms with van der Waals surface area (Å²) in [6.07, 6.45) is 2.33. The van der Waals surface area contributed by atoms with E-state index in [2.05, 4.69) is 46.9 Å². The number of carboxylic acids is 1. The van der Waals surface area contributed by atoms with Crippen LogP contribution in [0.25, 0.3) is 10.8 Å². The zero-order chi connectivity index (χ0) is 36.9. The van der Waals surface area contributed by atoms with Crippen molar-refractivity contribution in [2.75, 3.05) is 45.8 Å². The van der Waals surface area contributed by atoms with E-state index in [0.29, 0.717) is 35.9 Å². The molecule has 0 aliphatic heterocycles. The van der Waals surface area contributed by atoms with E-state index in [1.165, 1.54) is 51.4 Å². The predicted octanol–water partition coefficient (Wildman–Crippen LogP) is 4.55. The SMILES string of the molecule is CC[NH+](CC)CC.CC[NH+](CC)CC.Cc1ccc(C(=O)CCCc2ccccc2)c2c(C(=O)[O-])ccc(C(=O)NCCc3ccccc3)c12. The molecule has 0 spiro atoms. The van der Waals surface area contributed by atoms with Crippen molar-refractivity contribution in [2.24, 2.45) is 0 Å². The summed E-state index contributed by atoms with van der Waals surface area (Å²) in [7, 11) is 0. The molecule has 0 heterocycles. The number of ketones is 1. The van der Waals surface area contributed by atoms with E-state index in [1.807, 2.05) is 67.6 Å². The van der Waals surface area contributed by atoms with Crippen LogP contribution in [-0.2, 0) is 12.8 Å². The molecule has 0 radical (unpaired) electrons. The topological polar surface area (TPSA) is 95.2 Å². The van der Waals surface area contributed by atoms with E-state index in [1.54, 1.807) is 21.9 Å². The van der Waals surface area contributed by atoms with Crippen LogP contribution in [0.3, 0.4) is 0 Å². The molecule has 50 heavy (non-hydrogen) atoms. The Labute approximate surface area is 300 Å². The number of aromatic carboxylic acids is 1. The molecule has 270 valence electrons. The molecule has 4 aromatic rings. The zero-order valence-electron chi connectivity index (χ0n) is 31.5. The van der Waals surface area contributed by atoms with Gasteiger partial charge in [0, 0.05) is 35.0 Å². The molecule has 0 saturated carbocycles. The first-order chi connectivity index (χ1) is 24.1. The number of nitrogens with one attached hydrogen (secondary N) is 3. The smallest absolute Gasteiger partial charge is 0.251 e. The zero-order valence-corrected chi connectivity index (χ0v) is 31.5. The highest BCUT2D eigenvalue weighted by Gasteiger charge is 2.20. The van der Waals surface area contributed by atoms with Crippen molar-refractivity contribution in [1.29, 1.82) is 0 Å². The highest BCUT2D eigenvalue weighted by atomic mass is 16.4. The van der Waals surface area contributed by atoms with Gasteiger partial charge in [0.25, 0.3) is 5.91 Å². The molecule has 7 nitrogen and oxygen atoms in total. The van der Waals surface area contributed by atoms with Crippen molar-refractivity contribution in [1.82, 2.24) is 5.32 Å². The largest absolute Gasteiger partial charge is 0.545 e. The first-order valence-electron chi connectivity index (χ1n) is 18.5. The Morgan fingerprint density at radius 2 is 1.04 bits per heavy atom. The maximum atomic E-state index is 13.2. The highest BCUT2D eigenvalue weighted by molar-refractivity contribution is 6.20. The van der Waals surface area contributed by atoms with Gasteiger partial charge in [-0.2, -0.15) is 0 Å². The predicted molar refractivity (Wildman–Crippen MR) is 204 cm³/mol. The van der Waals surface area contributed by atoms with E-state index >= 15 is 0 Å². The van der Waals surface area contributed by atoms with Crippen molar-refractivity contribution < 1.29 is 29.3 Å². The Morgan fingerprint density at radius 3 is 1.50 bits per heavy atom. The van der Waals surface area contributed by atoms with E-state index in [-0.39, 0.29) is 29.1 Å². The van der Waals surface area contributed by atoms with Crippen LogP contribution in [0.4, 0.5) is 0 Å². The van der Waals surface area contributed by atoms with Crippen molar-refractivity contribution >= 4 is 28.4 Å². The second-order valence-corrected chi connectivity index (χ2v) is 12.5. The number of hydrogen-bond donors (Lipinski definition) is 3. The third kappa shape index (κ3) is 13.2. The van der Waals surface area contributed by atoms with Gasteiger partial charge in [-0.25, -0.2) is 0 Å². The Bertz CT molecular complexity index is 1570. The monoisotopic (exact) mass is 682 g/mol. The van der Waals surface area contributed by atoms with Crippen LogP contribution in [0.5, 0.6) is 0 Å². The number of aryl methyl sites for hydroxylation is 2. The summed E-state index contributed by atoms with van der Waals surface area (Å²) in [4.78, 5) is 41.7. The number of fused-ring (bicyclic) bond motifs is 1. The molecule has 1 amide bonds. The minimum absolute atomic E-state index is 0.0825. The van der Waals surface area contributed by atoms with Gasteiger partial charge in [0.2, 0.25) is 0 Å². The molecular weight excluding hydrogens is 622 g/mol. The number of carbonyl (C=O) groups excluding carboxylic acids is 3. The maximum absolute atomic E-state index is 13.2. The van der Waals surface area contributed by atoms with Crippen LogP contribution in [0, 0.1) is 6.92 Å². The minimum Gasteiger partial charge on any atom is -0.545 e. The molecule has 0 bridgehead atoms. The number of amides is 1. The van der Waals surface area contributed by atoms with Crippen LogP contribution in [0.2, 0.25) is 0 Å². The standard InChI is InChI=1S/C31H29NO4.2C6H15N/c1-21-15-16-24(27(33)14-8-13-22-9-4-2-5-10-22)29-26(31(35)36)18-17-25(28(21)29)30(34)32-20-19-23-11-6-3-7-12-23;2*1-4-7(5-2)6-3/h2-7,9-12,15-18H,8,13-14,19-20H2,1H3,(H,32,34)(H,35,36);2*4-6H2,1-3H3/p+1. The van der Waals surface area contributed by atoms with E-state index < -0.39 is 5.97 Å². The number of carboxylic acid groups (broad SMARTS) is 1. The molecule has 0 atom stereocenters. The number of benzene rings is 4. The number of carbonyl (C=O) groups is 3. The third-order valence-electron chi connectivity index (χ3n) is 9.39. The Morgan fingerprint density at radius 1 is 0.580 bits per heavy atom. The minimum atomic E-state index is -1.38. The Kier molecular flexibility index (Phi) is 19.4.